The highest BCUT2D eigenvalue weighted by Crippen LogP contribution is 2.33. The van der Waals surface area contributed by atoms with Gasteiger partial charge < -0.3 is 14.0 Å². The van der Waals surface area contributed by atoms with Gasteiger partial charge >= 0.3 is 0 Å². The Kier molecular flexibility index (Phi) is 4.75. The first-order valence-electron chi connectivity index (χ1n) is 10.3. The summed E-state index contributed by atoms with van der Waals surface area (Å²) in [5.74, 6) is 1.50. The fourth-order valence-corrected chi connectivity index (χ4v) is 3.89. The molecule has 0 unspecified atom stereocenters. The van der Waals surface area contributed by atoms with E-state index in [0.29, 0.717) is 18.6 Å². The molecule has 1 aliphatic heterocycles. The van der Waals surface area contributed by atoms with E-state index >= 15 is 0 Å². The number of hydrogen-bond acceptors (Lipinski definition) is 4. The summed E-state index contributed by atoms with van der Waals surface area (Å²) in [5, 5.41) is 0. The third-order valence-corrected chi connectivity index (χ3v) is 5.47. The number of hydrogen-bond donors (Lipinski definition) is 0. The SMILES string of the molecule is CCCCn1cnc2c(-c3ccccc3)cn(Cc3ccc4c(c3)OCO4)c2c1=O. The number of rotatable bonds is 6. The van der Waals surface area contributed by atoms with E-state index in [2.05, 4.69) is 11.9 Å². The summed E-state index contributed by atoms with van der Waals surface area (Å²) in [6.07, 6.45) is 5.68. The number of aromatic nitrogens is 3. The minimum atomic E-state index is -0.00336. The first kappa shape index (κ1) is 18.5. The Labute approximate surface area is 174 Å². The fourth-order valence-electron chi connectivity index (χ4n) is 3.89. The van der Waals surface area contributed by atoms with Crippen LogP contribution in [0.4, 0.5) is 0 Å². The van der Waals surface area contributed by atoms with Gasteiger partial charge in [-0.2, -0.15) is 0 Å². The van der Waals surface area contributed by atoms with Gasteiger partial charge in [0.15, 0.2) is 11.5 Å². The van der Waals surface area contributed by atoms with Gasteiger partial charge in [-0.15, -0.1) is 0 Å². The van der Waals surface area contributed by atoms with Crippen LogP contribution in [0.2, 0.25) is 0 Å². The molecule has 6 nitrogen and oxygen atoms in total. The van der Waals surface area contributed by atoms with Crippen molar-refractivity contribution in [3.05, 3.63) is 77.0 Å². The lowest BCUT2D eigenvalue weighted by Crippen LogP contribution is -2.22. The Hall–Kier alpha value is -3.54. The van der Waals surface area contributed by atoms with Gasteiger partial charge in [0, 0.05) is 24.8 Å². The van der Waals surface area contributed by atoms with Gasteiger partial charge in [-0.1, -0.05) is 49.7 Å². The molecule has 5 rings (SSSR count). The Morgan fingerprint density at radius 3 is 2.70 bits per heavy atom. The lowest BCUT2D eigenvalue weighted by atomic mass is 10.1. The highest BCUT2D eigenvalue weighted by atomic mass is 16.7. The minimum absolute atomic E-state index is 0.00336. The average Bonchev–Trinajstić information content (AvgIpc) is 3.39. The lowest BCUT2D eigenvalue weighted by Gasteiger charge is -2.08. The summed E-state index contributed by atoms with van der Waals surface area (Å²) in [7, 11) is 0. The van der Waals surface area contributed by atoms with Crippen molar-refractivity contribution in [2.45, 2.75) is 32.9 Å². The molecule has 0 aliphatic carbocycles. The summed E-state index contributed by atoms with van der Waals surface area (Å²) in [6.45, 7) is 3.59. The van der Waals surface area contributed by atoms with Crippen LogP contribution < -0.4 is 15.0 Å². The predicted molar refractivity (Wildman–Crippen MR) is 116 cm³/mol. The molecule has 0 saturated carbocycles. The Morgan fingerprint density at radius 2 is 1.87 bits per heavy atom. The summed E-state index contributed by atoms with van der Waals surface area (Å²) < 4.78 is 14.7. The van der Waals surface area contributed by atoms with Crippen molar-refractivity contribution >= 4 is 11.0 Å². The topological polar surface area (TPSA) is 58.3 Å². The van der Waals surface area contributed by atoms with Gasteiger partial charge in [0.25, 0.3) is 5.56 Å². The average molecular weight is 401 g/mol. The van der Waals surface area contributed by atoms with Crippen LogP contribution >= 0.6 is 0 Å². The standard InChI is InChI=1S/C24H23N3O3/c1-2-3-11-26-15-25-22-19(18-7-5-4-6-8-18)14-27(23(22)24(26)28)13-17-9-10-20-21(12-17)30-16-29-20/h4-10,12,14-15H,2-3,11,13,16H2,1H3. The number of benzene rings is 2. The number of aryl methyl sites for hydroxylation is 1. The third kappa shape index (κ3) is 3.24. The number of fused-ring (bicyclic) bond motifs is 2. The molecule has 0 spiro atoms. The molecule has 1 aliphatic rings. The smallest absolute Gasteiger partial charge is 0.277 e. The molecule has 0 fully saturated rings. The Morgan fingerprint density at radius 1 is 1.03 bits per heavy atom. The van der Waals surface area contributed by atoms with Gasteiger partial charge in [-0.05, 0) is 29.7 Å². The van der Waals surface area contributed by atoms with Crippen molar-refractivity contribution in [3.63, 3.8) is 0 Å². The minimum Gasteiger partial charge on any atom is -0.454 e. The molecule has 0 saturated heterocycles. The van der Waals surface area contributed by atoms with E-state index in [1.165, 1.54) is 0 Å². The highest BCUT2D eigenvalue weighted by Gasteiger charge is 2.18. The second kappa shape index (κ2) is 7.71. The van der Waals surface area contributed by atoms with Crippen LogP contribution in [0, 0.1) is 0 Å². The molecule has 0 bridgehead atoms. The van der Waals surface area contributed by atoms with Crippen molar-refractivity contribution in [1.29, 1.82) is 0 Å². The van der Waals surface area contributed by atoms with Gasteiger partial charge in [0.05, 0.1) is 6.33 Å². The predicted octanol–water partition coefficient (Wildman–Crippen LogP) is 4.44. The van der Waals surface area contributed by atoms with Crippen LogP contribution in [0.1, 0.15) is 25.3 Å². The maximum absolute atomic E-state index is 13.3. The molecule has 152 valence electrons. The highest BCUT2D eigenvalue weighted by molar-refractivity contribution is 5.92. The van der Waals surface area contributed by atoms with E-state index in [4.69, 9.17) is 9.47 Å². The molecule has 4 aromatic rings. The maximum atomic E-state index is 13.3. The molecule has 6 heteroatoms. The molecule has 2 aromatic heterocycles. The van der Waals surface area contributed by atoms with E-state index in [9.17, 15) is 4.79 Å². The van der Waals surface area contributed by atoms with E-state index in [-0.39, 0.29) is 12.4 Å². The fraction of sp³-hybridized carbons (Fsp3) is 0.250. The number of unbranched alkanes of at least 4 members (excludes halogenated alkanes) is 1. The quantitative estimate of drug-likeness (QED) is 0.479. The maximum Gasteiger partial charge on any atom is 0.277 e. The van der Waals surface area contributed by atoms with Crippen molar-refractivity contribution in [2.24, 2.45) is 0 Å². The van der Waals surface area contributed by atoms with E-state index in [1.807, 2.05) is 59.3 Å². The van der Waals surface area contributed by atoms with Crippen LogP contribution in [-0.4, -0.2) is 20.9 Å². The number of ether oxygens (including phenoxy) is 2. The molecular weight excluding hydrogens is 378 g/mol. The molecule has 30 heavy (non-hydrogen) atoms. The van der Waals surface area contributed by atoms with Crippen LogP contribution in [0.15, 0.2) is 65.8 Å². The molecule has 2 aromatic carbocycles. The molecule has 0 atom stereocenters. The van der Waals surface area contributed by atoms with Crippen molar-refractivity contribution in [2.75, 3.05) is 6.79 Å². The van der Waals surface area contributed by atoms with E-state index in [1.54, 1.807) is 10.9 Å². The first-order valence-corrected chi connectivity index (χ1v) is 10.3. The van der Waals surface area contributed by atoms with Crippen molar-refractivity contribution in [1.82, 2.24) is 14.1 Å². The first-order chi connectivity index (χ1) is 14.7. The van der Waals surface area contributed by atoms with Crippen molar-refractivity contribution < 1.29 is 9.47 Å². The van der Waals surface area contributed by atoms with Crippen LogP contribution in [0.3, 0.4) is 0 Å². The molecule has 0 radical (unpaired) electrons. The summed E-state index contributed by atoms with van der Waals surface area (Å²) in [5.41, 5.74) is 4.41. The van der Waals surface area contributed by atoms with Gasteiger partial charge in [-0.3, -0.25) is 9.36 Å². The van der Waals surface area contributed by atoms with E-state index < -0.39 is 0 Å². The Bertz CT molecular complexity index is 1260. The van der Waals surface area contributed by atoms with Crippen molar-refractivity contribution in [3.8, 4) is 22.6 Å². The largest absolute Gasteiger partial charge is 0.454 e. The van der Waals surface area contributed by atoms with Crippen LogP contribution in [-0.2, 0) is 13.1 Å². The lowest BCUT2D eigenvalue weighted by molar-refractivity contribution is 0.174. The van der Waals surface area contributed by atoms with Gasteiger partial charge in [0.2, 0.25) is 6.79 Å². The van der Waals surface area contributed by atoms with E-state index in [0.717, 1.165) is 46.5 Å². The Balaban J connectivity index is 1.64. The van der Waals surface area contributed by atoms with Gasteiger partial charge in [-0.25, -0.2) is 4.98 Å². The zero-order valence-electron chi connectivity index (χ0n) is 16.9. The summed E-state index contributed by atoms with van der Waals surface area (Å²) >= 11 is 0. The van der Waals surface area contributed by atoms with Gasteiger partial charge in [0.1, 0.15) is 11.0 Å². The second-order valence-corrected chi connectivity index (χ2v) is 7.52. The molecule has 3 heterocycles. The summed E-state index contributed by atoms with van der Waals surface area (Å²) in [6, 6.07) is 16.0. The molecule has 0 amide bonds. The van der Waals surface area contributed by atoms with Crippen LogP contribution in [0.25, 0.3) is 22.2 Å². The monoisotopic (exact) mass is 401 g/mol. The molecule has 0 N–H and O–H groups in total. The summed E-state index contributed by atoms with van der Waals surface area (Å²) in [4.78, 5) is 18.0. The zero-order chi connectivity index (χ0) is 20.5. The number of nitrogens with zero attached hydrogens (tertiary/aromatic N) is 3. The second-order valence-electron chi connectivity index (χ2n) is 7.52. The van der Waals surface area contributed by atoms with Crippen LogP contribution in [0.5, 0.6) is 11.5 Å². The normalized spacial score (nSPS) is 12.6. The zero-order valence-corrected chi connectivity index (χ0v) is 16.9. The third-order valence-electron chi connectivity index (χ3n) is 5.47. The molecular formula is C24H23N3O3.